The summed E-state index contributed by atoms with van der Waals surface area (Å²) in [6.45, 7) is 4.91. The largest absolute Gasteiger partial charge is 0.354 e. The van der Waals surface area contributed by atoms with Gasteiger partial charge in [0.15, 0.2) is 0 Å². The number of hydrogen-bond acceptors (Lipinski definition) is 4. The standard InChI is InChI=1S/C33H60N4O2/c1-2-3-4-5-6-7-8-9-10-11-12-13-14-15-16-20-26-35-28-24-32(38)37-31(33(39)36-27-21-25-34)29-30-22-18-17-19-23-30/h17-19,22-23,31,35H,2-16,20-21,24-29,34H2,1H3,(H,36,39)(H,37,38)/t31-/m0/s1. The highest BCUT2D eigenvalue weighted by molar-refractivity contribution is 5.87. The Labute approximate surface area is 240 Å². The number of nitrogens with one attached hydrogen (secondary N) is 3. The molecule has 0 aliphatic rings. The van der Waals surface area contributed by atoms with Gasteiger partial charge in [0.2, 0.25) is 11.8 Å². The summed E-state index contributed by atoms with van der Waals surface area (Å²) in [7, 11) is 0. The molecule has 6 nitrogen and oxygen atoms in total. The maximum absolute atomic E-state index is 12.6. The lowest BCUT2D eigenvalue weighted by Gasteiger charge is -2.19. The second-order valence-electron chi connectivity index (χ2n) is 11.0. The van der Waals surface area contributed by atoms with Gasteiger partial charge in [-0.1, -0.05) is 134 Å². The van der Waals surface area contributed by atoms with E-state index in [1.54, 1.807) is 0 Å². The Bertz CT molecular complexity index is 698. The van der Waals surface area contributed by atoms with Gasteiger partial charge in [-0.15, -0.1) is 0 Å². The molecule has 0 unspecified atom stereocenters. The van der Waals surface area contributed by atoms with Crippen LogP contribution in [-0.4, -0.2) is 44.0 Å². The molecule has 1 aromatic carbocycles. The van der Waals surface area contributed by atoms with E-state index in [0.717, 1.165) is 24.9 Å². The average Bonchev–Trinajstić information content (AvgIpc) is 2.94. The predicted molar refractivity (Wildman–Crippen MR) is 166 cm³/mol. The minimum absolute atomic E-state index is 0.0932. The highest BCUT2D eigenvalue weighted by Gasteiger charge is 2.20. The third-order valence-electron chi connectivity index (χ3n) is 7.35. The molecular formula is C33H60N4O2. The summed E-state index contributed by atoms with van der Waals surface area (Å²) in [5.74, 6) is -0.244. The first-order valence-corrected chi connectivity index (χ1v) is 16.2. The van der Waals surface area contributed by atoms with E-state index in [0.29, 0.717) is 32.5 Å². The lowest BCUT2D eigenvalue weighted by molar-refractivity contribution is -0.128. The number of hydrogen-bond donors (Lipinski definition) is 4. The zero-order valence-corrected chi connectivity index (χ0v) is 25.1. The molecule has 0 saturated carbocycles. The Morgan fingerprint density at radius 2 is 1.23 bits per heavy atom. The van der Waals surface area contributed by atoms with Crippen LogP contribution in [0.1, 0.15) is 128 Å². The molecule has 0 aromatic heterocycles. The van der Waals surface area contributed by atoms with Crippen molar-refractivity contribution in [2.75, 3.05) is 26.2 Å². The molecule has 6 heteroatoms. The van der Waals surface area contributed by atoms with Crippen LogP contribution < -0.4 is 21.7 Å². The third-order valence-corrected chi connectivity index (χ3v) is 7.35. The van der Waals surface area contributed by atoms with Crippen LogP contribution in [0.25, 0.3) is 0 Å². The summed E-state index contributed by atoms with van der Waals surface area (Å²) in [5.41, 5.74) is 6.55. The first-order chi connectivity index (χ1) is 19.2. The number of carbonyl (C=O) groups is 2. The van der Waals surface area contributed by atoms with Crippen LogP contribution in [0.5, 0.6) is 0 Å². The van der Waals surface area contributed by atoms with Crippen LogP contribution >= 0.6 is 0 Å². The number of amides is 2. The van der Waals surface area contributed by atoms with Gasteiger partial charge in [-0.05, 0) is 31.5 Å². The Morgan fingerprint density at radius 3 is 1.77 bits per heavy atom. The van der Waals surface area contributed by atoms with Gasteiger partial charge in [-0.2, -0.15) is 0 Å². The molecule has 39 heavy (non-hydrogen) atoms. The molecule has 0 fully saturated rings. The van der Waals surface area contributed by atoms with Gasteiger partial charge in [0.1, 0.15) is 6.04 Å². The van der Waals surface area contributed by atoms with Crippen molar-refractivity contribution in [1.82, 2.24) is 16.0 Å². The fraction of sp³-hybridized carbons (Fsp3) is 0.758. The van der Waals surface area contributed by atoms with E-state index in [9.17, 15) is 9.59 Å². The van der Waals surface area contributed by atoms with Gasteiger partial charge >= 0.3 is 0 Å². The zero-order chi connectivity index (χ0) is 28.2. The number of benzene rings is 1. The van der Waals surface area contributed by atoms with Gasteiger partial charge in [0.05, 0.1) is 0 Å². The molecule has 0 spiro atoms. The Kier molecular flexibility index (Phi) is 23.7. The quantitative estimate of drug-likeness (QED) is 0.0961. The smallest absolute Gasteiger partial charge is 0.242 e. The maximum Gasteiger partial charge on any atom is 0.242 e. The monoisotopic (exact) mass is 544 g/mol. The third kappa shape index (κ3) is 21.6. The Morgan fingerprint density at radius 1 is 0.692 bits per heavy atom. The maximum atomic E-state index is 12.6. The molecule has 1 rings (SSSR count). The summed E-state index contributed by atoms with van der Waals surface area (Å²) >= 11 is 0. The summed E-state index contributed by atoms with van der Waals surface area (Å²) in [6, 6.07) is 9.23. The second-order valence-corrected chi connectivity index (χ2v) is 11.0. The Balaban J connectivity index is 2.00. The SMILES string of the molecule is CCCCCCCCCCCCCCCCCCNCCC(=O)N[C@@H](Cc1ccccc1)C(=O)NCCCN. The molecule has 0 heterocycles. The molecule has 1 atom stereocenters. The normalized spacial score (nSPS) is 11.8. The van der Waals surface area contributed by atoms with Crippen LogP contribution in [0.4, 0.5) is 0 Å². The second kappa shape index (κ2) is 26.3. The van der Waals surface area contributed by atoms with Crippen molar-refractivity contribution in [3.63, 3.8) is 0 Å². The minimum Gasteiger partial charge on any atom is -0.354 e. The predicted octanol–water partition coefficient (Wildman–Crippen LogP) is 6.42. The molecule has 2 amide bonds. The summed E-state index contributed by atoms with van der Waals surface area (Å²) in [4.78, 5) is 25.1. The van der Waals surface area contributed by atoms with Gasteiger partial charge in [0.25, 0.3) is 0 Å². The Hall–Kier alpha value is -1.92. The van der Waals surface area contributed by atoms with Gasteiger partial charge in [-0.25, -0.2) is 0 Å². The first kappa shape index (κ1) is 35.1. The fourth-order valence-corrected chi connectivity index (χ4v) is 4.89. The first-order valence-electron chi connectivity index (χ1n) is 16.2. The van der Waals surface area contributed by atoms with E-state index >= 15 is 0 Å². The van der Waals surface area contributed by atoms with Crippen LogP contribution in [0.2, 0.25) is 0 Å². The fourth-order valence-electron chi connectivity index (χ4n) is 4.89. The number of carbonyl (C=O) groups excluding carboxylic acids is 2. The molecule has 0 saturated heterocycles. The van der Waals surface area contributed by atoms with Crippen LogP contribution in [-0.2, 0) is 16.0 Å². The van der Waals surface area contributed by atoms with E-state index in [2.05, 4.69) is 22.9 Å². The molecule has 224 valence electrons. The number of rotatable bonds is 27. The molecule has 5 N–H and O–H groups in total. The molecular weight excluding hydrogens is 484 g/mol. The average molecular weight is 545 g/mol. The van der Waals surface area contributed by atoms with Gasteiger partial charge in [-0.3, -0.25) is 9.59 Å². The van der Waals surface area contributed by atoms with E-state index in [-0.39, 0.29) is 11.8 Å². The highest BCUT2D eigenvalue weighted by atomic mass is 16.2. The lowest BCUT2D eigenvalue weighted by atomic mass is 10.0. The van der Waals surface area contributed by atoms with Crippen molar-refractivity contribution >= 4 is 11.8 Å². The van der Waals surface area contributed by atoms with E-state index < -0.39 is 6.04 Å². The number of nitrogens with two attached hydrogens (primary N) is 1. The van der Waals surface area contributed by atoms with Gasteiger partial charge < -0.3 is 21.7 Å². The van der Waals surface area contributed by atoms with Crippen molar-refractivity contribution < 1.29 is 9.59 Å². The molecule has 1 aromatic rings. The summed E-state index contributed by atoms with van der Waals surface area (Å²) in [6.07, 6.45) is 23.5. The molecule has 0 bridgehead atoms. The van der Waals surface area contributed by atoms with Crippen LogP contribution in [0.3, 0.4) is 0 Å². The van der Waals surface area contributed by atoms with E-state index in [1.807, 2.05) is 30.3 Å². The topological polar surface area (TPSA) is 96.2 Å². The highest BCUT2D eigenvalue weighted by Crippen LogP contribution is 2.13. The van der Waals surface area contributed by atoms with Crippen molar-refractivity contribution in [3.8, 4) is 0 Å². The van der Waals surface area contributed by atoms with Crippen molar-refractivity contribution in [2.24, 2.45) is 5.73 Å². The minimum atomic E-state index is -0.571. The van der Waals surface area contributed by atoms with Crippen molar-refractivity contribution in [1.29, 1.82) is 0 Å². The van der Waals surface area contributed by atoms with E-state index in [1.165, 1.54) is 96.3 Å². The summed E-state index contributed by atoms with van der Waals surface area (Å²) in [5, 5.41) is 9.20. The molecule has 0 aliphatic carbocycles. The summed E-state index contributed by atoms with van der Waals surface area (Å²) < 4.78 is 0. The molecule has 0 aliphatic heterocycles. The van der Waals surface area contributed by atoms with Crippen molar-refractivity contribution in [3.05, 3.63) is 35.9 Å². The lowest BCUT2D eigenvalue weighted by Crippen LogP contribution is -2.48. The van der Waals surface area contributed by atoms with Gasteiger partial charge in [0, 0.05) is 25.9 Å². The van der Waals surface area contributed by atoms with E-state index in [4.69, 9.17) is 5.73 Å². The van der Waals surface area contributed by atoms with Crippen LogP contribution in [0, 0.1) is 0 Å². The number of unbranched alkanes of at least 4 members (excludes halogenated alkanes) is 15. The molecule has 0 radical (unpaired) electrons. The van der Waals surface area contributed by atoms with Crippen molar-refractivity contribution in [2.45, 2.75) is 135 Å². The van der Waals surface area contributed by atoms with Crippen LogP contribution in [0.15, 0.2) is 30.3 Å². The zero-order valence-electron chi connectivity index (χ0n) is 25.1.